The third-order valence-electron chi connectivity index (χ3n) is 5.39. The zero-order valence-electron chi connectivity index (χ0n) is 18.6. The van der Waals surface area contributed by atoms with Gasteiger partial charge in [-0.1, -0.05) is 0 Å². The van der Waals surface area contributed by atoms with E-state index in [2.05, 4.69) is 5.32 Å². The molecule has 2 unspecified atom stereocenters. The van der Waals surface area contributed by atoms with Crippen molar-refractivity contribution in [3.8, 4) is 34.5 Å². The van der Waals surface area contributed by atoms with E-state index in [-0.39, 0.29) is 18.5 Å². The summed E-state index contributed by atoms with van der Waals surface area (Å²) in [7, 11) is 5.55. The van der Waals surface area contributed by atoms with Crippen molar-refractivity contribution in [2.45, 2.75) is 18.5 Å². The summed E-state index contributed by atoms with van der Waals surface area (Å²) in [5.41, 5.74) is 0.525. The zero-order valence-corrected chi connectivity index (χ0v) is 18.6. The fourth-order valence-electron chi connectivity index (χ4n) is 3.82. The van der Waals surface area contributed by atoms with Crippen LogP contribution in [0.3, 0.4) is 0 Å². The van der Waals surface area contributed by atoms with Gasteiger partial charge in [0.2, 0.25) is 5.75 Å². The Hall–Kier alpha value is -4.02. The Morgan fingerprint density at radius 3 is 2.00 bits per heavy atom. The number of ether oxygens (including phenoxy) is 4. The van der Waals surface area contributed by atoms with E-state index >= 15 is 0 Å². The molecule has 1 saturated heterocycles. The number of hydrogen-bond donors (Lipinski definition) is 4. The van der Waals surface area contributed by atoms with E-state index in [4.69, 9.17) is 18.9 Å². The molecule has 1 fully saturated rings. The Labute approximate surface area is 190 Å². The molecular weight excluding hydrogens is 436 g/mol. The van der Waals surface area contributed by atoms with Gasteiger partial charge < -0.3 is 44.5 Å². The van der Waals surface area contributed by atoms with E-state index in [1.807, 2.05) is 0 Å². The lowest BCUT2D eigenvalue weighted by Crippen LogP contribution is -2.41. The molecular formula is C22H26N2O9. The van der Waals surface area contributed by atoms with Gasteiger partial charge in [0.25, 0.3) is 5.91 Å². The molecule has 1 aliphatic rings. The first kappa shape index (κ1) is 23.6. The van der Waals surface area contributed by atoms with Crippen molar-refractivity contribution in [3.63, 3.8) is 0 Å². The van der Waals surface area contributed by atoms with Crippen LogP contribution < -0.4 is 19.5 Å². The van der Waals surface area contributed by atoms with Crippen LogP contribution in [0.15, 0.2) is 24.3 Å². The van der Waals surface area contributed by atoms with Gasteiger partial charge in [-0.3, -0.25) is 4.79 Å². The van der Waals surface area contributed by atoms with Crippen molar-refractivity contribution >= 4 is 17.6 Å². The smallest absolute Gasteiger partial charge is 0.328 e. The summed E-state index contributed by atoms with van der Waals surface area (Å²) >= 11 is 0. The molecule has 0 bridgehead atoms. The molecule has 1 amide bonds. The number of nitrogens with zero attached hydrogens (tertiary/aromatic N) is 1. The van der Waals surface area contributed by atoms with Crippen LogP contribution in [0.4, 0.5) is 5.69 Å². The van der Waals surface area contributed by atoms with Gasteiger partial charge in [0.15, 0.2) is 28.7 Å². The van der Waals surface area contributed by atoms with Gasteiger partial charge in [-0.2, -0.15) is 0 Å². The van der Waals surface area contributed by atoms with E-state index in [0.29, 0.717) is 22.9 Å². The normalized spacial score (nSPS) is 17.4. The lowest BCUT2D eigenvalue weighted by atomic mass is 10.1. The fourth-order valence-corrected chi connectivity index (χ4v) is 3.82. The molecule has 1 heterocycles. The maximum atomic E-state index is 13.4. The van der Waals surface area contributed by atoms with E-state index < -0.39 is 41.2 Å². The number of phenols is 3. The van der Waals surface area contributed by atoms with Gasteiger partial charge >= 0.3 is 5.97 Å². The van der Waals surface area contributed by atoms with Gasteiger partial charge in [-0.15, -0.1) is 0 Å². The molecule has 11 nitrogen and oxygen atoms in total. The summed E-state index contributed by atoms with van der Waals surface area (Å²) in [6, 6.07) is 4.16. The number of anilines is 1. The molecule has 2 atom stereocenters. The second-order valence-corrected chi connectivity index (χ2v) is 7.35. The number of nitrogens with one attached hydrogen (secondary N) is 1. The second-order valence-electron chi connectivity index (χ2n) is 7.35. The first-order valence-electron chi connectivity index (χ1n) is 9.94. The summed E-state index contributed by atoms with van der Waals surface area (Å²) in [5, 5.41) is 32.1. The van der Waals surface area contributed by atoms with Crippen LogP contribution in [0, 0.1) is 0 Å². The molecule has 4 N–H and O–H groups in total. The minimum Gasteiger partial charge on any atom is -0.504 e. The van der Waals surface area contributed by atoms with Gasteiger partial charge in [0.05, 0.1) is 28.4 Å². The van der Waals surface area contributed by atoms with Crippen LogP contribution in [0.25, 0.3) is 0 Å². The van der Waals surface area contributed by atoms with Gasteiger partial charge in [0.1, 0.15) is 6.04 Å². The largest absolute Gasteiger partial charge is 0.504 e. The van der Waals surface area contributed by atoms with Crippen LogP contribution in [0.2, 0.25) is 0 Å². The number of amides is 1. The molecule has 33 heavy (non-hydrogen) atoms. The van der Waals surface area contributed by atoms with Crippen LogP contribution in [-0.2, 0) is 9.53 Å². The number of aromatic hydroxyl groups is 3. The highest BCUT2D eigenvalue weighted by Gasteiger charge is 2.41. The van der Waals surface area contributed by atoms with Gasteiger partial charge in [-0.25, -0.2) is 4.79 Å². The Morgan fingerprint density at radius 2 is 1.52 bits per heavy atom. The summed E-state index contributed by atoms with van der Waals surface area (Å²) in [6.07, 6.45) is 0.214. The predicted molar refractivity (Wildman–Crippen MR) is 116 cm³/mol. The number of rotatable bonds is 7. The first-order chi connectivity index (χ1) is 15.7. The van der Waals surface area contributed by atoms with Crippen molar-refractivity contribution in [2.75, 3.05) is 40.3 Å². The van der Waals surface area contributed by atoms with E-state index in [0.717, 1.165) is 0 Å². The van der Waals surface area contributed by atoms with E-state index in [1.54, 1.807) is 0 Å². The lowest BCUT2D eigenvalue weighted by Gasteiger charge is -2.23. The molecule has 11 heteroatoms. The Kier molecular flexibility index (Phi) is 6.90. The summed E-state index contributed by atoms with van der Waals surface area (Å²) in [6.45, 7) is 0.123. The van der Waals surface area contributed by atoms with Crippen LogP contribution >= 0.6 is 0 Å². The minimum atomic E-state index is -0.876. The van der Waals surface area contributed by atoms with Gasteiger partial charge in [-0.05, 0) is 12.1 Å². The Bertz CT molecular complexity index is 1010. The van der Waals surface area contributed by atoms with E-state index in [1.165, 1.54) is 57.6 Å². The number of carbonyl (C=O) groups is 2. The molecule has 0 aromatic heterocycles. The maximum absolute atomic E-state index is 13.4. The Balaban J connectivity index is 1.90. The summed E-state index contributed by atoms with van der Waals surface area (Å²) in [4.78, 5) is 27.2. The molecule has 0 spiro atoms. The average Bonchev–Trinajstić information content (AvgIpc) is 3.23. The third kappa shape index (κ3) is 4.61. The number of esters is 1. The van der Waals surface area contributed by atoms with Crippen molar-refractivity contribution in [2.24, 2.45) is 0 Å². The molecule has 0 aliphatic carbocycles. The number of hydrogen-bond acceptors (Lipinski definition) is 10. The predicted octanol–water partition coefficient (Wildman–Crippen LogP) is 1.70. The van der Waals surface area contributed by atoms with Crippen molar-refractivity contribution in [1.82, 2.24) is 4.90 Å². The highest BCUT2D eigenvalue weighted by molar-refractivity contribution is 5.98. The summed E-state index contributed by atoms with van der Waals surface area (Å²) < 4.78 is 20.8. The fraction of sp³-hybridized carbons (Fsp3) is 0.364. The van der Waals surface area contributed by atoms with Crippen molar-refractivity contribution in [3.05, 3.63) is 29.8 Å². The molecule has 178 valence electrons. The highest BCUT2D eigenvalue weighted by atomic mass is 16.5. The van der Waals surface area contributed by atoms with Gasteiger partial charge in [0, 0.05) is 42.4 Å². The average molecular weight is 462 g/mol. The van der Waals surface area contributed by atoms with Crippen molar-refractivity contribution in [1.29, 1.82) is 0 Å². The number of phenolic OH excluding ortho intramolecular Hbond substituents is 3. The second kappa shape index (κ2) is 9.63. The minimum absolute atomic E-state index is 0.123. The van der Waals surface area contributed by atoms with E-state index in [9.17, 15) is 24.9 Å². The summed E-state index contributed by atoms with van der Waals surface area (Å²) in [5.74, 6) is -1.79. The number of likely N-dealkylation sites (tertiary alicyclic amines) is 1. The number of benzene rings is 2. The molecule has 2 aromatic rings. The number of methoxy groups -OCH3 is 4. The van der Waals surface area contributed by atoms with Crippen LogP contribution in [0.1, 0.15) is 16.8 Å². The van der Waals surface area contributed by atoms with Crippen LogP contribution in [-0.4, -0.2) is 79.2 Å². The lowest BCUT2D eigenvalue weighted by molar-refractivity contribution is -0.145. The topological polar surface area (TPSA) is 147 Å². The zero-order chi connectivity index (χ0) is 24.3. The monoisotopic (exact) mass is 462 g/mol. The standard InChI is InChI=1S/C22H26N2O9/c1-30-17-5-11(6-18(31-2)20(17)32-3)21(28)24-10-13(7-14(24)22(29)33-4)23-12-8-15(25)19(27)16(26)9-12/h5-6,8-9,13-14,23,25-27H,7,10H2,1-4H3. The molecule has 0 saturated carbocycles. The third-order valence-corrected chi connectivity index (χ3v) is 5.39. The molecule has 1 aliphatic heterocycles. The molecule has 3 rings (SSSR count). The molecule has 2 aromatic carbocycles. The maximum Gasteiger partial charge on any atom is 0.328 e. The van der Waals surface area contributed by atoms with Crippen LogP contribution in [0.5, 0.6) is 34.5 Å². The first-order valence-corrected chi connectivity index (χ1v) is 9.94. The Morgan fingerprint density at radius 1 is 0.939 bits per heavy atom. The quantitative estimate of drug-likeness (QED) is 0.272. The molecule has 0 radical (unpaired) electrons. The van der Waals surface area contributed by atoms with Crippen molar-refractivity contribution < 1.29 is 43.9 Å². The highest BCUT2D eigenvalue weighted by Crippen LogP contribution is 2.40. The SMILES string of the molecule is COC(=O)C1CC(Nc2cc(O)c(O)c(O)c2)CN1C(=O)c1cc(OC)c(OC)c(OC)c1. The number of carbonyl (C=O) groups excluding carboxylic acids is 2.